The number of nitrogens with two attached hydrogens (primary N) is 1. The molecule has 0 heterocycles. The minimum atomic E-state index is -4.25. The van der Waals surface area contributed by atoms with E-state index in [-0.39, 0.29) is 12.3 Å². The van der Waals surface area contributed by atoms with E-state index in [9.17, 15) is 18.0 Å². The number of hydrogen-bond donors (Lipinski definition) is 4. The van der Waals surface area contributed by atoms with Crippen molar-refractivity contribution >= 4 is 24.3 Å². The van der Waals surface area contributed by atoms with Crippen LogP contribution in [0.3, 0.4) is 0 Å². The summed E-state index contributed by atoms with van der Waals surface area (Å²) in [4.78, 5) is 11.5. The first kappa shape index (κ1) is 27.7. The van der Waals surface area contributed by atoms with Crippen molar-refractivity contribution in [3.63, 3.8) is 0 Å². The lowest BCUT2D eigenvalue weighted by atomic mass is 9.92. The third-order valence-corrected chi connectivity index (χ3v) is 5.15. The Bertz CT molecular complexity index is 1100. The van der Waals surface area contributed by atoms with Gasteiger partial charge in [0, 0.05) is 10.6 Å². The van der Waals surface area contributed by atoms with Gasteiger partial charge in [-0.2, -0.15) is 13.2 Å². The number of hydrogen-bond acceptors (Lipinski definition) is 5. The first-order valence-corrected chi connectivity index (χ1v) is 11.0. The summed E-state index contributed by atoms with van der Waals surface area (Å²) < 4.78 is 41.4. The number of thiol groups is 1. The van der Waals surface area contributed by atoms with E-state index in [1.54, 1.807) is 6.08 Å². The van der Waals surface area contributed by atoms with Gasteiger partial charge in [-0.25, -0.2) is 0 Å². The van der Waals surface area contributed by atoms with Crippen LogP contribution in [0.15, 0.2) is 90.0 Å². The Morgan fingerprint density at radius 2 is 1.71 bits per heavy atom. The summed E-state index contributed by atoms with van der Waals surface area (Å²) in [5.41, 5.74) is 7.66. The van der Waals surface area contributed by atoms with Crippen LogP contribution in [-0.4, -0.2) is 16.2 Å². The van der Waals surface area contributed by atoms with Crippen LogP contribution in [0.4, 0.5) is 18.9 Å². The topological polar surface area (TPSA) is 92.8 Å². The number of aliphatic carboxylic acids is 1. The van der Waals surface area contributed by atoms with Gasteiger partial charge in [0.25, 0.3) is 0 Å². The number of anilines is 1. The second-order valence-electron chi connectivity index (χ2n) is 7.56. The van der Waals surface area contributed by atoms with E-state index in [2.05, 4.69) is 12.6 Å². The van der Waals surface area contributed by atoms with Gasteiger partial charge >= 0.3 is 12.1 Å². The summed E-state index contributed by atoms with van der Waals surface area (Å²) in [6, 6.07) is 19.5. The molecule has 0 amide bonds. The smallest absolute Gasteiger partial charge is 0.416 e. The highest BCUT2D eigenvalue weighted by atomic mass is 32.1. The molecule has 0 saturated heterocycles. The lowest BCUT2D eigenvalue weighted by molar-refractivity contribution is -0.138. The van der Waals surface area contributed by atoms with Crippen molar-refractivity contribution in [3.8, 4) is 5.75 Å². The summed E-state index contributed by atoms with van der Waals surface area (Å²) >= 11 is 3.86. The molecule has 4 N–H and O–H groups in total. The monoisotopic (exact) mass is 505 g/mol. The van der Waals surface area contributed by atoms with Gasteiger partial charge in [-0.3, -0.25) is 4.79 Å². The maximum atomic E-state index is 11.9. The molecule has 0 spiro atoms. The van der Waals surface area contributed by atoms with Crippen molar-refractivity contribution in [1.82, 2.24) is 0 Å². The van der Waals surface area contributed by atoms with Crippen LogP contribution < -0.4 is 10.5 Å². The second kappa shape index (κ2) is 13.3. The quantitative estimate of drug-likeness (QED) is 0.152. The lowest BCUT2D eigenvalue weighted by Crippen LogP contribution is -2.06. The summed E-state index contributed by atoms with van der Waals surface area (Å²) in [5.74, 6) is -0.352. The van der Waals surface area contributed by atoms with Crippen LogP contribution in [0.1, 0.15) is 35.4 Å². The first-order chi connectivity index (χ1) is 16.6. The van der Waals surface area contributed by atoms with E-state index in [0.717, 1.165) is 29.5 Å². The van der Waals surface area contributed by atoms with Crippen LogP contribution in [-0.2, 0) is 17.6 Å². The molecule has 0 bridgehead atoms. The molecule has 0 radical (unpaired) electrons. The molecule has 0 aromatic heterocycles. The zero-order chi connectivity index (χ0) is 25.8. The van der Waals surface area contributed by atoms with Crippen LogP contribution in [0.25, 0.3) is 0 Å². The molecule has 5 nitrogen and oxygen atoms in total. The molecule has 0 aliphatic carbocycles. The van der Waals surface area contributed by atoms with Crippen LogP contribution in [0.5, 0.6) is 5.75 Å². The van der Waals surface area contributed by atoms with Gasteiger partial charge in [-0.15, -0.1) is 12.6 Å². The van der Waals surface area contributed by atoms with Crippen molar-refractivity contribution in [2.45, 2.75) is 36.4 Å². The number of benzene rings is 3. The van der Waals surface area contributed by atoms with Gasteiger partial charge in [0.2, 0.25) is 0 Å². The number of aliphatic hydroxyl groups is 1. The van der Waals surface area contributed by atoms with Gasteiger partial charge in [0.15, 0.2) is 0 Å². The normalized spacial score (nSPS) is 12.0. The number of nitrogen functional groups attached to an aromatic ring is 1. The van der Waals surface area contributed by atoms with E-state index in [0.29, 0.717) is 29.4 Å². The molecule has 186 valence electrons. The van der Waals surface area contributed by atoms with E-state index < -0.39 is 17.7 Å². The Balaban J connectivity index is 0.000000328. The molecule has 3 rings (SSSR count). The van der Waals surface area contributed by atoms with Crippen molar-refractivity contribution in [2.24, 2.45) is 0 Å². The Morgan fingerprint density at radius 3 is 2.26 bits per heavy atom. The average Bonchev–Trinajstić information content (AvgIpc) is 2.81. The van der Waals surface area contributed by atoms with Crippen LogP contribution in [0, 0.1) is 0 Å². The number of carboxylic acids is 1. The molecular formula is C26H26F3NO4S. The first-order valence-electron chi connectivity index (χ1n) is 10.5. The van der Waals surface area contributed by atoms with E-state index >= 15 is 0 Å². The van der Waals surface area contributed by atoms with E-state index in [1.807, 2.05) is 48.5 Å². The second-order valence-corrected chi connectivity index (χ2v) is 8.08. The lowest BCUT2D eigenvalue weighted by Gasteiger charge is -2.14. The van der Waals surface area contributed by atoms with Gasteiger partial charge < -0.3 is 20.7 Å². The summed E-state index contributed by atoms with van der Waals surface area (Å²) in [6.07, 6.45) is -1.28. The largest absolute Gasteiger partial charge is 0.516 e. The highest BCUT2D eigenvalue weighted by molar-refractivity contribution is 7.80. The predicted octanol–water partition coefficient (Wildman–Crippen LogP) is 6.86. The molecule has 3 aromatic rings. The summed E-state index contributed by atoms with van der Waals surface area (Å²) in [6.45, 7) is 0.413. The molecule has 0 aliphatic rings. The third kappa shape index (κ3) is 10.1. The molecule has 35 heavy (non-hydrogen) atoms. The van der Waals surface area contributed by atoms with Crippen molar-refractivity contribution in [1.29, 1.82) is 0 Å². The average molecular weight is 506 g/mol. The summed E-state index contributed by atoms with van der Waals surface area (Å²) in [7, 11) is 0. The number of halogens is 3. The van der Waals surface area contributed by atoms with Gasteiger partial charge in [-0.05, 0) is 78.1 Å². The van der Waals surface area contributed by atoms with E-state index in [1.165, 1.54) is 12.1 Å². The van der Waals surface area contributed by atoms with Crippen molar-refractivity contribution in [3.05, 3.63) is 102 Å². The van der Waals surface area contributed by atoms with Crippen LogP contribution >= 0.6 is 12.6 Å². The molecular weight excluding hydrogens is 479 g/mol. The Hall–Kier alpha value is -3.59. The molecule has 1 unspecified atom stereocenters. The third-order valence-electron chi connectivity index (χ3n) is 4.85. The maximum absolute atomic E-state index is 11.9. The fraction of sp³-hybridized carbons (Fsp3) is 0.192. The number of carbonyl (C=O) groups is 1. The highest BCUT2D eigenvalue weighted by Gasteiger charge is 2.29. The Kier molecular flexibility index (Phi) is 10.5. The number of rotatable bonds is 8. The fourth-order valence-electron chi connectivity index (χ4n) is 3.11. The fourth-order valence-corrected chi connectivity index (χ4v) is 3.26. The molecule has 0 saturated carbocycles. The Labute approximate surface area is 207 Å². The highest BCUT2D eigenvalue weighted by Crippen LogP contribution is 2.29. The number of carboxylic acid groups (broad SMARTS) is 1. The molecule has 1 atom stereocenters. The van der Waals surface area contributed by atoms with Gasteiger partial charge in [0.1, 0.15) is 12.4 Å². The SMILES string of the molecule is FC(F)(F)c1ccc(S)cc1.Nc1cccc(COc2ccc(C(C/C=C\O)CC(=O)O)cc2)c1. The minimum absolute atomic E-state index is 0.00777. The predicted molar refractivity (Wildman–Crippen MR) is 132 cm³/mol. The number of ether oxygens (including phenoxy) is 1. The van der Waals surface area contributed by atoms with Crippen molar-refractivity contribution < 1.29 is 32.9 Å². The molecule has 3 aromatic carbocycles. The van der Waals surface area contributed by atoms with Crippen molar-refractivity contribution in [2.75, 3.05) is 5.73 Å². The summed E-state index contributed by atoms with van der Waals surface area (Å²) in [5, 5.41) is 17.8. The van der Waals surface area contributed by atoms with Gasteiger partial charge in [0.05, 0.1) is 18.2 Å². The standard InChI is InChI=1S/C19H21NO4.C7H5F3S/c20-17-5-1-3-14(11-17)13-24-18-8-6-15(7-9-18)16(4-2-10-21)12-19(22)23;8-7(9,10)5-1-3-6(11)4-2-5/h1-3,5-11,16,21H,4,12-13,20H2,(H,22,23);1-4,11H/b10-2-;. The molecule has 0 aliphatic heterocycles. The van der Waals surface area contributed by atoms with Gasteiger partial charge in [-0.1, -0.05) is 24.3 Å². The number of allylic oxidation sites excluding steroid dienone is 1. The van der Waals surface area contributed by atoms with Crippen LogP contribution in [0.2, 0.25) is 0 Å². The number of aliphatic hydroxyl groups excluding tert-OH is 1. The number of alkyl halides is 3. The minimum Gasteiger partial charge on any atom is -0.516 e. The maximum Gasteiger partial charge on any atom is 0.416 e. The molecule has 9 heteroatoms. The zero-order valence-electron chi connectivity index (χ0n) is 18.7. The van der Waals surface area contributed by atoms with E-state index in [4.69, 9.17) is 20.7 Å². The Morgan fingerprint density at radius 1 is 1.06 bits per heavy atom. The zero-order valence-corrected chi connectivity index (χ0v) is 19.5. The molecule has 0 fully saturated rings.